The van der Waals surface area contributed by atoms with Crippen LogP contribution in [0.2, 0.25) is 0 Å². The van der Waals surface area contributed by atoms with Gasteiger partial charge in [0.25, 0.3) is 5.22 Å². The number of esters is 1. The van der Waals surface area contributed by atoms with Gasteiger partial charge in [-0.2, -0.15) is 0 Å². The molecular formula is C9H14N2O3S. The zero-order valence-corrected chi connectivity index (χ0v) is 9.76. The highest BCUT2D eigenvalue weighted by molar-refractivity contribution is 7.99. The van der Waals surface area contributed by atoms with Crippen LogP contribution in [-0.2, 0) is 9.53 Å². The molecule has 0 fully saturated rings. The predicted molar refractivity (Wildman–Crippen MR) is 56.6 cm³/mol. The molecule has 0 aliphatic heterocycles. The van der Waals surface area contributed by atoms with Crippen LogP contribution in [0.1, 0.15) is 12.6 Å². The Balaban J connectivity index is 2.53. The van der Waals surface area contributed by atoms with Crippen LogP contribution >= 0.6 is 11.8 Å². The lowest BCUT2D eigenvalue weighted by molar-refractivity contribution is -0.145. The second-order valence-corrected chi connectivity index (χ2v) is 4.38. The van der Waals surface area contributed by atoms with Crippen molar-refractivity contribution in [3.8, 4) is 0 Å². The smallest absolute Gasteiger partial charge is 0.326 e. The van der Waals surface area contributed by atoms with Crippen LogP contribution in [0.5, 0.6) is 0 Å². The number of oxazole rings is 1. The average molecular weight is 230 g/mol. The van der Waals surface area contributed by atoms with E-state index in [1.54, 1.807) is 13.2 Å². The summed E-state index contributed by atoms with van der Waals surface area (Å²) >= 11 is 1.29. The summed E-state index contributed by atoms with van der Waals surface area (Å²) < 4.78 is 9.70. The fourth-order valence-electron chi connectivity index (χ4n) is 0.902. The maximum atomic E-state index is 11.2. The maximum Gasteiger partial charge on any atom is 0.326 e. The van der Waals surface area contributed by atoms with Crippen molar-refractivity contribution in [1.82, 2.24) is 4.98 Å². The summed E-state index contributed by atoms with van der Waals surface area (Å²) in [4.78, 5) is 15.3. The summed E-state index contributed by atoms with van der Waals surface area (Å²) in [5, 5.41) is 0.507. The fraction of sp³-hybridized carbons (Fsp3) is 0.556. The van der Waals surface area contributed by atoms with E-state index >= 15 is 0 Å². The first-order valence-electron chi connectivity index (χ1n) is 4.38. The van der Waals surface area contributed by atoms with Gasteiger partial charge in [-0.15, -0.1) is 0 Å². The van der Waals surface area contributed by atoms with E-state index < -0.39 is 11.5 Å². The van der Waals surface area contributed by atoms with Gasteiger partial charge in [-0.05, 0) is 13.8 Å². The Bertz CT molecular complexity index is 349. The van der Waals surface area contributed by atoms with Gasteiger partial charge in [0.1, 0.15) is 11.8 Å². The lowest BCUT2D eigenvalue weighted by Gasteiger charge is -2.19. The van der Waals surface area contributed by atoms with E-state index in [1.807, 2.05) is 6.92 Å². The van der Waals surface area contributed by atoms with Gasteiger partial charge in [0, 0.05) is 5.75 Å². The molecule has 84 valence electrons. The van der Waals surface area contributed by atoms with Crippen molar-refractivity contribution < 1.29 is 13.9 Å². The Hall–Kier alpha value is -1.01. The first-order valence-corrected chi connectivity index (χ1v) is 5.36. The zero-order chi connectivity index (χ0) is 11.5. The summed E-state index contributed by atoms with van der Waals surface area (Å²) in [6.45, 7) is 3.44. The van der Waals surface area contributed by atoms with Crippen LogP contribution in [0, 0.1) is 6.92 Å². The van der Waals surface area contributed by atoms with Crippen molar-refractivity contribution in [3.05, 3.63) is 12.0 Å². The number of hydrogen-bond acceptors (Lipinski definition) is 6. The van der Waals surface area contributed by atoms with Gasteiger partial charge in [-0.25, -0.2) is 4.98 Å². The number of carbonyl (C=O) groups excluding carboxylic acids is 1. The van der Waals surface area contributed by atoms with E-state index in [-0.39, 0.29) is 0 Å². The summed E-state index contributed by atoms with van der Waals surface area (Å²) in [6.07, 6.45) is 1.55. The summed E-state index contributed by atoms with van der Waals surface area (Å²) in [6, 6.07) is 0. The first kappa shape index (κ1) is 12.1. The molecule has 0 aliphatic carbocycles. The molecule has 0 aromatic carbocycles. The van der Waals surface area contributed by atoms with Crippen molar-refractivity contribution in [1.29, 1.82) is 0 Å². The molecule has 1 aromatic rings. The highest BCUT2D eigenvalue weighted by Crippen LogP contribution is 2.21. The Morgan fingerprint density at radius 3 is 2.93 bits per heavy atom. The maximum absolute atomic E-state index is 11.2. The molecule has 2 N–H and O–H groups in total. The minimum absolute atomic E-state index is 0.361. The Morgan fingerprint density at radius 1 is 1.80 bits per heavy atom. The summed E-state index contributed by atoms with van der Waals surface area (Å²) in [7, 11) is 1.31. The molecule has 5 nitrogen and oxygen atoms in total. The molecule has 1 rings (SSSR count). The highest BCUT2D eigenvalue weighted by Gasteiger charge is 2.30. The van der Waals surface area contributed by atoms with Gasteiger partial charge in [0.05, 0.1) is 12.8 Å². The molecule has 1 atom stereocenters. The number of aromatic nitrogens is 1. The Morgan fingerprint density at radius 2 is 2.47 bits per heavy atom. The van der Waals surface area contributed by atoms with Crippen LogP contribution in [0.15, 0.2) is 15.9 Å². The molecule has 0 spiro atoms. The van der Waals surface area contributed by atoms with Crippen molar-refractivity contribution in [2.75, 3.05) is 12.9 Å². The largest absolute Gasteiger partial charge is 0.468 e. The van der Waals surface area contributed by atoms with E-state index in [0.717, 1.165) is 5.69 Å². The second kappa shape index (κ2) is 4.67. The third-order valence-corrected chi connectivity index (χ3v) is 2.92. The molecular weight excluding hydrogens is 216 g/mol. The minimum Gasteiger partial charge on any atom is -0.468 e. The third-order valence-electron chi connectivity index (χ3n) is 1.75. The summed E-state index contributed by atoms with van der Waals surface area (Å²) in [5.41, 5.74) is 5.53. The molecule has 0 radical (unpaired) electrons. The first-order chi connectivity index (χ1) is 6.95. The molecule has 1 unspecified atom stereocenters. The lowest BCUT2D eigenvalue weighted by Crippen LogP contribution is -2.48. The number of aryl methyl sites for hydroxylation is 1. The SMILES string of the molecule is COC(=O)C(C)(N)CSc1nc(C)co1. The van der Waals surface area contributed by atoms with Crippen molar-refractivity contribution in [2.24, 2.45) is 5.73 Å². The number of ether oxygens (including phenoxy) is 1. The van der Waals surface area contributed by atoms with Gasteiger partial charge < -0.3 is 14.9 Å². The minimum atomic E-state index is -1.03. The van der Waals surface area contributed by atoms with Crippen molar-refractivity contribution >= 4 is 17.7 Å². The summed E-state index contributed by atoms with van der Waals surface area (Å²) in [5.74, 6) is -0.0853. The monoisotopic (exact) mass is 230 g/mol. The van der Waals surface area contributed by atoms with E-state index in [4.69, 9.17) is 10.2 Å². The average Bonchev–Trinajstić information content (AvgIpc) is 2.60. The molecule has 0 amide bonds. The lowest BCUT2D eigenvalue weighted by atomic mass is 10.1. The second-order valence-electron chi connectivity index (χ2n) is 3.45. The van der Waals surface area contributed by atoms with Gasteiger partial charge in [-0.1, -0.05) is 11.8 Å². The fourth-order valence-corrected chi connectivity index (χ4v) is 1.77. The van der Waals surface area contributed by atoms with Crippen LogP contribution in [0.25, 0.3) is 0 Å². The van der Waals surface area contributed by atoms with Crippen LogP contribution < -0.4 is 5.73 Å². The normalized spacial score (nSPS) is 14.7. The number of rotatable bonds is 4. The molecule has 15 heavy (non-hydrogen) atoms. The molecule has 0 saturated carbocycles. The number of carbonyl (C=O) groups is 1. The third kappa shape index (κ3) is 3.24. The number of thioether (sulfide) groups is 1. The Labute approximate surface area is 92.4 Å². The van der Waals surface area contributed by atoms with E-state index in [9.17, 15) is 4.79 Å². The highest BCUT2D eigenvalue weighted by atomic mass is 32.2. The van der Waals surface area contributed by atoms with Crippen LogP contribution in [0.3, 0.4) is 0 Å². The molecule has 1 heterocycles. The van der Waals surface area contributed by atoms with Crippen LogP contribution in [-0.4, -0.2) is 29.4 Å². The van der Waals surface area contributed by atoms with Crippen molar-refractivity contribution in [2.45, 2.75) is 24.6 Å². The van der Waals surface area contributed by atoms with Gasteiger partial charge in [-0.3, -0.25) is 4.79 Å². The van der Waals surface area contributed by atoms with E-state index in [1.165, 1.54) is 18.9 Å². The number of hydrogen-bond donors (Lipinski definition) is 1. The number of nitrogens with zero attached hydrogens (tertiary/aromatic N) is 1. The Kier molecular flexibility index (Phi) is 3.76. The molecule has 6 heteroatoms. The van der Waals surface area contributed by atoms with E-state index in [2.05, 4.69) is 9.72 Å². The van der Waals surface area contributed by atoms with Crippen molar-refractivity contribution in [3.63, 3.8) is 0 Å². The number of methoxy groups -OCH3 is 1. The molecule has 0 saturated heterocycles. The van der Waals surface area contributed by atoms with Gasteiger partial charge in [0.2, 0.25) is 0 Å². The van der Waals surface area contributed by atoms with Gasteiger partial charge >= 0.3 is 5.97 Å². The quantitative estimate of drug-likeness (QED) is 0.613. The van der Waals surface area contributed by atoms with Crippen LogP contribution in [0.4, 0.5) is 0 Å². The number of nitrogens with two attached hydrogens (primary N) is 1. The molecule has 1 aromatic heterocycles. The molecule has 0 aliphatic rings. The van der Waals surface area contributed by atoms with Gasteiger partial charge in [0.15, 0.2) is 0 Å². The standard InChI is InChI=1S/C9H14N2O3S/c1-6-4-14-8(11-6)15-5-9(2,10)7(12)13-3/h4H,5,10H2,1-3H3. The topological polar surface area (TPSA) is 78.4 Å². The zero-order valence-electron chi connectivity index (χ0n) is 8.94. The molecule has 0 bridgehead atoms. The predicted octanol–water partition coefficient (Wildman–Crippen LogP) is 0.966. The van der Waals surface area contributed by atoms with E-state index in [0.29, 0.717) is 11.0 Å².